The van der Waals surface area contributed by atoms with Crippen molar-refractivity contribution in [1.29, 1.82) is 0 Å². The van der Waals surface area contributed by atoms with E-state index < -0.39 is 5.92 Å². The number of ether oxygens (including phenoxy) is 5. The van der Waals surface area contributed by atoms with E-state index in [9.17, 15) is 9.59 Å². The van der Waals surface area contributed by atoms with Crippen LogP contribution in [0.4, 0.5) is 5.69 Å². The molecule has 1 aliphatic carbocycles. The van der Waals surface area contributed by atoms with E-state index in [-0.39, 0.29) is 30.1 Å². The zero-order valence-electron chi connectivity index (χ0n) is 27.9. The molecular weight excluding hydrogens is 586 g/mol. The molecule has 10 heteroatoms. The molecule has 3 unspecified atom stereocenters. The van der Waals surface area contributed by atoms with Gasteiger partial charge in [0.05, 0.1) is 46.7 Å². The zero-order valence-corrected chi connectivity index (χ0v) is 27.9. The standard InChI is InChI=1S/C36H45N3O7/c1-8-46-28-12-10-9-11-27(28)38-15-17-39(18-16-38)33(40)22-26-24-20-31(44-6)32(45-7)21-25(24)34(35(26)36(41)37(2)3)23-13-14-29(42-4)30(19-23)43-5/h9-14,19-21,26,34-35H,8,15-18,22H2,1-7H3. The van der Waals surface area contributed by atoms with Gasteiger partial charge in [-0.05, 0) is 60.0 Å². The van der Waals surface area contributed by atoms with Gasteiger partial charge in [-0.3, -0.25) is 9.59 Å². The number of piperazine rings is 1. The van der Waals surface area contributed by atoms with Crippen molar-refractivity contribution in [2.75, 3.05) is 80.2 Å². The van der Waals surface area contributed by atoms with Crippen LogP contribution in [0.2, 0.25) is 0 Å². The minimum atomic E-state index is -0.539. The number of rotatable bonds is 11. The molecule has 0 aromatic heterocycles. The van der Waals surface area contributed by atoms with Gasteiger partial charge in [0.25, 0.3) is 0 Å². The first kappa shape index (κ1) is 32.8. The summed E-state index contributed by atoms with van der Waals surface area (Å²) < 4.78 is 28.4. The Labute approximate surface area is 271 Å². The van der Waals surface area contributed by atoms with E-state index in [4.69, 9.17) is 23.7 Å². The summed E-state index contributed by atoms with van der Waals surface area (Å²) in [6.07, 6.45) is 0.187. The molecule has 0 bridgehead atoms. The van der Waals surface area contributed by atoms with E-state index in [2.05, 4.69) is 11.0 Å². The largest absolute Gasteiger partial charge is 0.493 e. The number of fused-ring (bicyclic) bond motifs is 1. The normalized spacial score (nSPS) is 18.9. The number of anilines is 1. The van der Waals surface area contributed by atoms with Gasteiger partial charge >= 0.3 is 0 Å². The molecule has 1 aliphatic heterocycles. The highest BCUT2D eigenvalue weighted by Gasteiger charge is 2.48. The first-order valence-corrected chi connectivity index (χ1v) is 15.7. The lowest BCUT2D eigenvalue weighted by Gasteiger charge is -2.37. The lowest BCUT2D eigenvalue weighted by molar-refractivity contribution is -0.135. The second-order valence-electron chi connectivity index (χ2n) is 11.8. The van der Waals surface area contributed by atoms with Crippen LogP contribution in [0.5, 0.6) is 28.7 Å². The van der Waals surface area contributed by atoms with Gasteiger partial charge in [-0.25, -0.2) is 0 Å². The minimum absolute atomic E-state index is 0.0213. The third kappa shape index (κ3) is 6.25. The van der Waals surface area contributed by atoms with Crippen LogP contribution in [-0.2, 0) is 9.59 Å². The monoisotopic (exact) mass is 631 g/mol. The predicted molar refractivity (Wildman–Crippen MR) is 177 cm³/mol. The van der Waals surface area contributed by atoms with Crippen LogP contribution >= 0.6 is 0 Å². The molecule has 1 heterocycles. The van der Waals surface area contributed by atoms with Crippen molar-refractivity contribution in [2.45, 2.75) is 25.2 Å². The average molecular weight is 632 g/mol. The number of hydrogen-bond donors (Lipinski definition) is 0. The Morgan fingerprint density at radius 1 is 0.761 bits per heavy atom. The quantitative estimate of drug-likeness (QED) is 0.299. The molecule has 2 aliphatic rings. The van der Waals surface area contributed by atoms with E-state index >= 15 is 0 Å². The Bertz CT molecular complexity index is 1550. The van der Waals surface area contributed by atoms with Gasteiger partial charge in [0.2, 0.25) is 11.8 Å². The molecule has 0 spiro atoms. The highest BCUT2D eigenvalue weighted by molar-refractivity contribution is 5.86. The number of hydrogen-bond acceptors (Lipinski definition) is 8. The molecule has 0 saturated carbocycles. The molecule has 0 radical (unpaired) electrons. The van der Waals surface area contributed by atoms with E-state index in [1.165, 1.54) is 0 Å². The summed E-state index contributed by atoms with van der Waals surface area (Å²) >= 11 is 0. The molecule has 46 heavy (non-hydrogen) atoms. The predicted octanol–water partition coefficient (Wildman–Crippen LogP) is 4.79. The molecule has 5 rings (SSSR count). The van der Waals surface area contributed by atoms with Crippen molar-refractivity contribution in [3.8, 4) is 28.7 Å². The van der Waals surface area contributed by atoms with Crippen molar-refractivity contribution in [3.05, 3.63) is 71.3 Å². The molecule has 0 N–H and O–H groups in total. The topological polar surface area (TPSA) is 90.0 Å². The number of carbonyl (C=O) groups excluding carboxylic acids is 2. The van der Waals surface area contributed by atoms with E-state index in [0.29, 0.717) is 55.8 Å². The fourth-order valence-electron chi connectivity index (χ4n) is 6.91. The van der Waals surface area contributed by atoms with Crippen LogP contribution in [0.25, 0.3) is 0 Å². The van der Waals surface area contributed by atoms with Crippen LogP contribution < -0.4 is 28.6 Å². The second-order valence-corrected chi connectivity index (χ2v) is 11.8. The van der Waals surface area contributed by atoms with Gasteiger partial charge in [0.15, 0.2) is 23.0 Å². The van der Waals surface area contributed by atoms with Crippen LogP contribution in [0.1, 0.15) is 41.9 Å². The fraction of sp³-hybridized carbons (Fsp3) is 0.444. The summed E-state index contributed by atoms with van der Waals surface area (Å²) in [5.74, 6) is 1.84. The number of para-hydroxylation sites is 2. The Morgan fingerprint density at radius 2 is 1.37 bits per heavy atom. The number of amides is 2. The molecule has 246 valence electrons. The molecule has 1 fully saturated rings. The fourth-order valence-corrected chi connectivity index (χ4v) is 6.91. The molecule has 3 aromatic carbocycles. The second kappa shape index (κ2) is 14.2. The third-order valence-corrected chi connectivity index (χ3v) is 9.14. The van der Waals surface area contributed by atoms with Gasteiger partial charge in [0, 0.05) is 58.5 Å². The summed E-state index contributed by atoms with van der Waals surface area (Å²) in [5.41, 5.74) is 3.77. The van der Waals surface area contributed by atoms with Gasteiger partial charge < -0.3 is 38.4 Å². The summed E-state index contributed by atoms with van der Waals surface area (Å²) in [6.45, 7) is 5.11. The van der Waals surface area contributed by atoms with Gasteiger partial charge in [0.1, 0.15) is 5.75 Å². The van der Waals surface area contributed by atoms with Crippen molar-refractivity contribution in [3.63, 3.8) is 0 Å². The highest BCUT2D eigenvalue weighted by atomic mass is 16.5. The average Bonchev–Trinajstić information content (AvgIpc) is 3.39. The zero-order chi connectivity index (χ0) is 33.0. The summed E-state index contributed by atoms with van der Waals surface area (Å²) in [7, 11) is 9.90. The number of nitrogens with zero attached hydrogens (tertiary/aromatic N) is 3. The first-order valence-electron chi connectivity index (χ1n) is 15.7. The lowest BCUT2D eigenvalue weighted by atomic mass is 9.80. The van der Waals surface area contributed by atoms with E-state index in [1.54, 1.807) is 47.4 Å². The summed E-state index contributed by atoms with van der Waals surface area (Å²) in [4.78, 5) is 34.0. The maximum atomic E-state index is 14.1. The summed E-state index contributed by atoms with van der Waals surface area (Å²) in [6, 6.07) is 17.6. The highest BCUT2D eigenvalue weighted by Crippen LogP contribution is 2.55. The molecule has 3 atom stereocenters. The van der Waals surface area contributed by atoms with Crippen LogP contribution in [0.15, 0.2) is 54.6 Å². The number of methoxy groups -OCH3 is 4. The van der Waals surface area contributed by atoms with Crippen molar-refractivity contribution < 1.29 is 33.3 Å². The molecule has 1 saturated heterocycles. The Kier molecular flexibility index (Phi) is 10.1. The van der Waals surface area contributed by atoms with Gasteiger partial charge in [-0.15, -0.1) is 0 Å². The van der Waals surface area contributed by atoms with Crippen LogP contribution in [0, 0.1) is 5.92 Å². The minimum Gasteiger partial charge on any atom is -0.493 e. The molecular formula is C36H45N3O7. The Hall–Kier alpha value is -4.60. The van der Waals surface area contributed by atoms with Crippen LogP contribution in [-0.4, -0.2) is 96.9 Å². The van der Waals surface area contributed by atoms with E-state index in [0.717, 1.165) is 28.1 Å². The smallest absolute Gasteiger partial charge is 0.226 e. The maximum absolute atomic E-state index is 14.1. The van der Waals surface area contributed by atoms with E-state index in [1.807, 2.05) is 60.4 Å². The number of carbonyl (C=O) groups is 2. The van der Waals surface area contributed by atoms with Crippen molar-refractivity contribution >= 4 is 17.5 Å². The lowest BCUT2D eigenvalue weighted by Crippen LogP contribution is -2.49. The molecule has 3 aromatic rings. The van der Waals surface area contributed by atoms with Gasteiger partial charge in [-0.1, -0.05) is 18.2 Å². The van der Waals surface area contributed by atoms with Crippen LogP contribution in [0.3, 0.4) is 0 Å². The Balaban J connectivity index is 1.49. The third-order valence-electron chi connectivity index (χ3n) is 9.14. The maximum Gasteiger partial charge on any atom is 0.226 e. The first-order chi connectivity index (χ1) is 22.3. The van der Waals surface area contributed by atoms with Gasteiger partial charge in [-0.2, -0.15) is 0 Å². The van der Waals surface area contributed by atoms with Crippen molar-refractivity contribution in [2.24, 2.45) is 5.92 Å². The summed E-state index contributed by atoms with van der Waals surface area (Å²) in [5, 5.41) is 0. The molecule has 10 nitrogen and oxygen atoms in total. The number of benzene rings is 3. The SMILES string of the molecule is CCOc1ccccc1N1CCN(C(=O)CC2c3cc(OC)c(OC)cc3C(c3ccc(OC)c(OC)c3)C2C(=O)N(C)C)CC1. The Morgan fingerprint density at radius 3 is 1.98 bits per heavy atom. The molecule has 2 amide bonds. The van der Waals surface area contributed by atoms with Crippen molar-refractivity contribution in [1.82, 2.24) is 9.80 Å².